The maximum atomic E-state index is 13.3. The normalized spacial score (nSPS) is 14.8. The average Bonchev–Trinajstić information content (AvgIpc) is 3.19. The van der Waals surface area contributed by atoms with Gasteiger partial charge in [-0.25, -0.2) is 0 Å². The lowest BCUT2D eigenvalue weighted by Gasteiger charge is -2.36. The van der Waals surface area contributed by atoms with Gasteiger partial charge >= 0.3 is 0 Å². The van der Waals surface area contributed by atoms with Crippen molar-refractivity contribution in [2.24, 2.45) is 0 Å². The molecule has 2 N–H and O–H groups in total. The lowest BCUT2D eigenvalue weighted by Crippen LogP contribution is -2.39. The second-order valence-electron chi connectivity index (χ2n) is 7.30. The molecule has 1 aliphatic heterocycles. The van der Waals surface area contributed by atoms with Crippen LogP contribution < -0.4 is 10.3 Å². The van der Waals surface area contributed by atoms with Crippen molar-refractivity contribution in [1.82, 2.24) is 20.2 Å². The van der Waals surface area contributed by atoms with Crippen LogP contribution in [0.2, 0.25) is 0 Å². The van der Waals surface area contributed by atoms with Crippen LogP contribution >= 0.6 is 0 Å². The Kier molecular flexibility index (Phi) is 2.74. The van der Waals surface area contributed by atoms with E-state index in [4.69, 9.17) is 4.74 Å². The Bertz CT molecular complexity index is 1300. The first-order valence-corrected chi connectivity index (χ1v) is 9.16. The van der Waals surface area contributed by atoms with Crippen LogP contribution in [0.5, 0.6) is 11.8 Å². The van der Waals surface area contributed by atoms with Gasteiger partial charge in [-0.05, 0) is 36.1 Å². The minimum atomic E-state index is -0.818. The number of rotatable bonds is 0. The van der Waals surface area contributed by atoms with Gasteiger partial charge in [0.25, 0.3) is 5.56 Å². The van der Waals surface area contributed by atoms with Crippen LogP contribution in [0.3, 0.4) is 0 Å². The van der Waals surface area contributed by atoms with E-state index >= 15 is 0 Å². The molecule has 0 saturated carbocycles. The Morgan fingerprint density at radius 3 is 2.21 bits per heavy atom. The summed E-state index contributed by atoms with van der Waals surface area (Å²) in [6.45, 7) is 3.71. The summed E-state index contributed by atoms with van der Waals surface area (Å²) < 4.78 is 6.00. The predicted octanol–water partition coefficient (Wildman–Crippen LogP) is 3.58. The maximum absolute atomic E-state index is 13.3. The van der Waals surface area contributed by atoms with Gasteiger partial charge in [0, 0.05) is 5.69 Å². The van der Waals surface area contributed by atoms with E-state index in [-0.39, 0.29) is 5.56 Å². The number of aryl methyl sites for hydroxylation is 2. The molecule has 0 atom stereocenters. The average molecular weight is 368 g/mol. The molecule has 28 heavy (non-hydrogen) atoms. The monoisotopic (exact) mass is 368 g/mol. The molecule has 0 radical (unpaired) electrons. The molecule has 6 heteroatoms. The highest BCUT2D eigenvalue weighted by Gasteiger charge is 2.55. The van der Waals surface area contributed by atoms with Crippen molar-refractivity contribution in [3.05, 3.63) is 92.7 Å². The lowest BCUT2D eigenvalue weighted by molar-refractivity contribution is 0.398. The molecule has 136 valence electrons. The van der Waals surface area contributed by atoms with Crippen LogP contribution in [0.25, 0.3) is 11.1 Å². The second kappa shape index (κ2) is 4.98. The first-order chi connectivity index (χ1) is 13.6. The van der Waals surface area contributed by atoms with E-state index in [1.807, 2.05) is 31.2 Å². The van der Waals surface area contributed by atoms with Crippen molar-refractivity contribution in [1.29, 1.82) is 0 Å². The summed E-state index contributed by atoms with van der Waals surface area (Å²) in [5.41, 5.74) is 5.54. The number of aromatic nitrogens is 4. The molecule has 0 fully saturated rings. The fraction of sp³-hybridized carbons (Fsp3) is 0.136. The van der Waals surface area contributed by atoms with E-state index < -0.39 is 5.41 Å². The van der Waals surface area contributed by atoms with Gasteiger partial charge in [-0.3, -0.25) is 9.89 Å². The molecular formula is C22H16N4O2. The summed E-state index contributed by atoms with van der Waals surface area (Å²) in [6.07, 6.45) is 0. The highest BCUT2D eigenvalue weighted by molar-refractivity contribution is 5.88. The lowest BCUT2D eigenvalue weighted by atomic mass is 9.67. The van der Waals surface area contributed by atoms with E-state index in [2.05, 4.69) is 44.4 Å². The van der Waals surface area contributed by atoms with Crippen molar-refractivity contribution in [2.45, 2.75) is 19.3 Å². The summed E-state index contributed by atoms with van der Waals surface area (Å²) in [5.74, 6) is 1.29. The molecule has 4 aromatic rings. The van der Waals surface area contributed by atoms with Crippen molar-refractivity contribution in [3.63, 3.8) is 0 Å². The molecule has 0 bridgehead atoms. The van der Waals surface area contributed by atoms with Crippen molar-refractivity contribution in [3.8, 4) is 22.9 Å². The fourth-order valence-electron chi connectivity index (χ4n) is 4.88. The Morgan fingerprint density at radius 1 is 0.893 bits per heavy atom. The minimum absolute atomic E-state index is 0.194. The van der Waals surface area contributed by atoms with Gasteiger partial charge in [0.1, 0.15) is 5.82 Å². The van der Waals surface area contributed by atoms with E-state index in [0.29, 0.717) is 23.1 Å². The SMILES string of the molecule is Cc1nc2c(c(=O)[nH]1)C1(c3ccccc3-c3ccccc31)c1c(n[nH]c1C)O2. The number of ether oxygens (including phenoxy) is 1. The molecule has 0 saturated heterocycles. The molecule has 0 amide bonds. The highest BCUT2D eigenvalue weighted by atomic mass is 16.5. The third kappa shape index (κ3) is 1.61. The maximum Gasteiger partial charge on any atom is 0.259 e. The van der Waals surface area contributed by atoms with Crippen molar-refractivity contribution in [2.75, 3.05) is 0 Å². The van der Waals surface area contributed by atoms with Crippen LogP contribution in [0.4, 0.5) is 0 Å². The zero-order valence-corrected chi connectivity index (χ0v) is 15.3. The molecule has 6 rings (SSSR count). The molecule has 2 aliphatic rings. The van der Waals surface area contributed by atoms with Crippen molar-refractivity contribution >= 4 is 0 Å². The van der Waals surface area contributed by atoms with Crippen molar-refractivity contribution < 1.29 is 4.74 Å². The van der Waals surface area contributed by atoms with E-state index in [0.717, 1.165) is 33.5 Å². The number of H-pyrrole nitrogens is 2. The molecule has 0 unspecified atom stereocenters. The standard InChI is InChI=1S/C22H16N4O2/c1-11-17-21(26-25-11)28-20-18(19(27)23-12(2)24-20)22(17)15-9-5-3-7-13(15)14-8-4-6-10-16(14)22/h3-10H,1-2H3,(H,25,26)(H,23,24,27). The Balaban J connectivity index is 1.90. The summed E-state index contributed by atoms with van der Waals surface area (Å²) >= 11 is 0. The number of nitrogens with one attached hydrogen (secondary N) is 2. The second-order valence-corrected chi connectivity index (χ2v) is 7.30. The molecule has 1 aliphatic carbocycles. The van der Waals surface area contributed by atoms with Crippen LogP contribution in [-0.2, 0) is 5.41 Å². The van der Waals surface area contributed by atoms with Gasteiger partial charge in [0.15, 0.2) is 0 Å². The molecular weight excluding hydrogens is 352 g/mol. The summed E-state index contributed by atoms with van der Waals surface area (Å²) in [7, 11) is 0. The summed E-state index contributed by atoms with van der Waals surface area (Å²) in [6, 6.07) is 16.4. The number of fused-ring (bicyclic) bond motifs is 9. The summed E-state index contributed by atoms with van der Waals surface area (Å²) in [5, 5.41) is 7.43. The third-order valence-corrected chi connectivity index (χ3v) is 5.81. The molecule has 1 spiro atoms. The molecule has 2 aromatic heterocycles. The van der Waals surface area contributed by atoms with Gasteiger partial charge in [-0.1, -0.05) is 48.5 Å². The first kappa shape index (κ1) is 15.4. The quantitative estimate of drug-likeness (QED) is 0.429. The number of aromatic amines is 2. The Labute approximate surface area is 160 Å². The third-order valence-electron chi connectivity index (χ3n) is 5.81. The highest BCUT2D eigenvalue weighted by Crippen LogP contribution is 2.60. The van der Waals surface area contributed by atoms with Gasteiger partial charge in [0.2, 0.25) is 11.8 Å². The van der Waals surface area contributed by atoms with Gasteiger partial charge in [0.05, 0.1) is 16.5 Å². The smallest absolute Gasteiger partial charge is 0.259 e. The van der Waals surface area contributed by atoms with E-state index in [9.17, 15) is 4.79 Å². The molecule has 3 heterocycles. The molecule has 6 nitrogen and oxygen atoms in total. The van der Waals surface area contributed by atoms with Crippen LogP contribution in [0.1, 0.15) is 33.8 Å². The van der Waals surface area contributed by atoms with Crippen LogP contribution in [0, 0.1) is 13.8 Å². The van der Waals surface area contributed by atoms with E-state index in [1.165, 1.54) is 0 Å². The topological polar surface area (TPSA) is 83.7 Å². The predicted molar refractivity (Wildman–Crippen MR) is 104 cm³/mol. The largest absolute Gasteiger partial charge is 0.418 e. The Hall–Kier alpha value is -3.67. The fourth-order valence-corrected chi connectivity index (χ4v) is 4.88. The first-order valence-electron chi connectivity index (χ1n) is 9.16. The summed E-state index contributed by atoms with van der Waals surface area (Å²) in [4.78, 5) is 20.7. The van der Waals surface area contributed by atoms with Gasteiger partial charge < -0.3 is 9.72 Å². The zero-order chi connectivity index (χ0) is 19.0. The number of benzene rings is 2. The number of hydrogen-bond donors (Lipinski definition) is 2. The molecule has 2 aromatic carbocycles. The van der Waals surface area contributed by atoms with Gasteiger partial charge in [-0.2, -0.15) is 4.98 Å². The number of nitrogens with zero attached hydrogens (tertiary/aromatic N) is 2. The van der Waals surface area contributed by atoms with Crippen LogP contribution in [0.15, 0.2) is 53.3 Å². The van der Waals surface area contributed by atoms with Crippen LogP contribution in [-0.4, -0.2) is 20.2 Å². The Morgan fingerprint density at radius 2 is 1.54 bits per heavy atom. The van der Waals surface area contributed by atoms with Gasteiger partial charge in [-0.15, -0.1) is 5.10 Å². The minimum Gasteiger partial charge on any atom is -0.418 e. The zero-order valence-electron chi connectivity index (χ0n) is 15.3. The number of hydrogen-bond acceptors (Lipinski definition) is 4. The van der Waals surface area contributed by atoms with E-state index in [1.54, 1.807) is 6.92 Å².